The van der Waals surface area contributed by atoms with Crippen LogP contribution in [0, 0.1) is 0 Å². The third kappa shape index (κ3) is 2.15. The van der Waals surface area contributed by atoms with Crippen LogP contribution in [0.15, 0.2) is 0 Å². The van der Waals surface area contributed by atoms with Gasteiger partial charge in [-0.3, -0.25) is 4.90 Å². The second-order valence-electron chi connectivity index (χ2n) is 2.65. The van der Waals surface area contributed by atoms with Crippen molar-refractivity contribution in [2.24, 2.45) is 0 Å². The van der Waals surface area contributed by atoms with Gasteiger partial charge >= 0.3 is 0 Å². The van der Waals surface area contributed by atoms with E-state index in [9.17, 15) is 0 Å². The Morgan fingerprint density at radius 1 is 1.70 bits per heavy atom. The summed E-state index contributed by atoms with van der Waals surface area (Å²) < 4.78 is 5.00. The fourth-order valence-electron chi connectivity index (χ4n) is 1.07. The maximum absolute atomic E-state index is 5.00. The summed E-state index contributed by atoms with van der Waals surface area (Å²) in [4.78, 5) is 2.45. The molecule has 60 valence electrons. The molecule has 1 rings (SSSR count). The topological polar surface area (TPSA) is 12.5 Å². The minimum absolute atomic E-state index is 0.750. The van der Waals surface area contributed by atoms with Crippen molar-refractivity contribution in [3.63, 3.8) is 0 Å². The third-order valence-electron chi connectivity index (χ3n) is 1.82. The van der Waals surface area contributed by atoms with Gasteiger partial charge in [-0.15, -0.1) is 11.8 Å². The molecule has 0 bridgehead atoms. The lowest BCUT2D eigenvalue weighted by Crippen LogP contribution is -2.31. The second kappa shape index (κ2) is 4.21. The van der Waals surface area contributed by atoms with Gasteiger partial charge in [0, 0.05) is 31.3 Å². The first-order valence-corrected chi connectivity index (χ1v) is 4.81. The Hall–Kier alpha value is 0.270. The molecule has 1 atom stereocenters. The van der Waals surface area contributed by atoms with Gasteiger partial charge in [-0.1, -0.05) is 0 Å². The van der Waals surface area contributed by atoms with E-state index < -0.39 is 0 Å². The molecule has 1 fully saturated rings. The van der Waals surface area contributed by atoms with Gasteiger partial charge in [-0.25, -0.2) is 0 Å². The third-order valence-corrected chi connectivity index (χ3v) is 3.05. The Labute approximate surface area is 66.9 Å². The van der Waals surface area contributed by atoms with Crippen LogP contribution in [-0.2, 0) is 4.74 Å². The molecule has 1 saturated heterocycles. The van der Waals surface area contributed by atoms with Gasteiger partial charge in [0.15, 0.2) is 0 Å². The number of hydrogen-bond acceptors (Lipinski definition) is 3. The van der Waals surface area contributed by atoms with Gasteiger partial charge < -0.3 is 4.74 Å². The Bertz CT molecular complexity index is 99.6. The molecule has 0 aromatic heterocycles. The molecular weight excluding hydrogens is 146 g/mol. The highest BCUT2D eigenvalue weighted by Gasteiger charge is 2.19. The van der Waals surface area contributed by atoms with Gasteiger partial charge in [0.1, 0.15) is 0 Å². The molecule has 0 unspecified atom stereocenters. The number of rotatable bonds is 3. The van der Waals surface area contributed by atoms with Crippen LogP contribution in [0.5, 0.6) is 0 Å². The van der Waals surface area contributed by atoms with Crippen LogP contribution in [0.25, 0.3) is 0 Å². The van der Waals surface area contributed by atoms with E-state index in [1.807, 2.05) is 11.8 Å². The first kappa shape index (κ1) is 8.37. The first-order chi connectivity index (χ1) is 4.84. The first-order valence-electron chi connectivity index (χ1n) is 3.65. The Balaban J connectivity index is 2.14. The molecule has 3 heteroatoms. The summed E-state index contributed by atoms with van der Waals surface area (Å²) in [7, 11) is 1.76. The standard InChI is InChI=1S/C7H15NOS/c1-7-5-10-6-8(7)3-4-9-2/h7H,3-6H2,1-2H3/t7-/m1/s1. The molecule has 0 N–H and O–H groups in total. The van der Waals surface area contributed by atoms with Crippen LogP contribution in [0.1, 0.15) is 6.92 Å². The predicted octanol–water partition coefficient (Wildman–Crippen LogP) is 1.03. The average Bonchev–Trinajstić information content (AvgIpc) is 2.31. The van der Waals surface area contributed by atoms with E-state index in [1.165, 1.54) is 11.6 Å². The molecule has 0 saturated carbocycles. The summed E-state index contributed by atoms with van der Waals surface area (Å²) in [6, 6.07) is 0.750. The van der Waals surface area contributed by atoms with Crippen LogP contribution >= 0.6 is 11.8 Å². The van der Waals surface area contributed by atoms with Crippen molar-refractivity contribution < 1.29 is 4.74 Å². The molecule has 0 radical (unpaired) electrons. The normalized spacial score (nSPS) is 27.6. The molecule has 0 aromatic carbocycles. The van der Waals surface area contributed by atoms with Crippen molar-refractivity contribution in [3.8, 4) is 0 Å². The van der Waals surface area contributed by atoms with E-state index in [2.05, 4.69) is 11.8 Å². The van der Waals surface area contributed by atoms with Gasteiger partial charge in [0.25, 0.3) is 0 Å². The van der Waals surface area contributed by atoms with Crippen LogP contribution in [0.2, 0.25) is 0 Å². The second-order valence-corrected chi connectivity index (χ2v) is 3.65. The fourth-order valence-corrected chi connectivity index (χ4v) is 2.34. The van der Waals surface area contributed by atoms with Crippen LogP contribution in [0.3, 0.4) is 0 Å². The van der Waals surface area contributed by atoms with E-state index in [1.54, 1.807) is 7.11 Å². The molecule has 10 heavy (non-hydrogen) atoms. The quantitative estimate of drug-likeness (QED) is 0.613. The lowest BCUT2D eigenvalue weighted by Gasteiger charge is -2.18. The highest BCUT2D eigenvalue weighted by atomic mass is 32.2. The summed E-state index contributed by atoms with van der Waals surface area (Å²) in [5.41, 5.74) is 0. The highest BCUT2D eigenvalue weighted by molar-refractivity contribution is 7.99. The highest BCUT2D eigenvalue weighted by Crippen LogP contribution is 2.19. The molecule has 0 amide bonds. The number of methoxy groups -OCH3 is 1. The largest absolute Gasteiger partial charge is 0.383 e. The molecule has 1 aliphatic rings. The zero-order chi connectivity index (χ0) is 7.40. The Kier molecular flexibility index (Phi) is 3.52. The lowest BCUT2D eigenvalue weighted by atomic mass is 10.3. The van der Waals surface area contributed by atoms with Crippen LogP contribution in [-0.4, -0.2) is 42.8 Å². The fraction of sp³-hybridized carbons (Fsp3) is 1.00. The van der Waals surface area contributed by atoms with E-state index in [-0.39, 0.29) is 0 Å². The lowest BCUT2D eigenvalue weighted by molar-refractivity contribution is 0.149. The molecule has 2 nitrogen and oxygen atoms in total. The van der Waals surface area contributed by atoms with Crippen LogP contribution < -0.4 is 0 Å². The Morgan fingerprint density at radius 3 is 3.00 bits per heavy atom. The van der Waals surface area contributed by atoms with Gasteiger partial charge in [0.2, 0.25) is 0 Å². The average molecular weight is 161 g/mol. The van der Waals surface area contributed by atoms with Crippen molar-refractivity contribution in [1.82, 2.24) is 4.90 Å². The van der Waals surface area contributed by atoms with Crippen molar-refractivity contribution in [1.29, 1.82) is 0 Å². The zero-order valence-electron chi connectivity index (χ0n) is 6.67. The van der Waals surface area contributed by atoms with Crippen molar-refractivity contribution in [2.45, 2.75) is 13.0 Å². The Morgan fingerprint density at radius 2 is 2.50 bits per heavy atom. The molecule has 0 aliphatic carbocycles. The summed E-state index contributed by atoms with van der Waals surface area (Å²) in [5.74, 6) is 2.47. The SMILES string of the molecule is COCCN1CSC[C@H]1C. The molecular formula is C7H15NOS. The predicted molar refractivity (Wildman–Crippen MR) is 45.4 cm³/mol. The van der Waals surface area contributed by atoms with Crippen molar-refractivity contribution in [3.05, 3.63) is 0 Å². The van der Waals surface area contributed by atoms with Gasteiger partial charge in [-0.2, -0.15) is 0 Å². The number of thioether (sulfide) groups is 1. The smallest absolute Gasteiger partial charge is 0.0590 e. The minimum Gasteiger partial charge on any atom is -0.383 e. The summed E-state index contributed by atoms with van der Waals surface area (Å²) in [6.45, 7) is 4.23. The van der Waals surface area contributed by atoms with Gasteiger partial charge in [0.05, 0.1) is 6.61 Å². The maximum atomic E-state index is 5.00. The summed E-state index contributed by atoms with van der Waals surface area (Å²) in [5, 5.41) is 0. The number of nitrogens with zero attached hydrogens (tertiary/aromatic N) is 1. The number of hydrogen-bond donors (Lipinski definition) is 0. The van der Waals surface area contributed by atoms with Crippen molar-refractivity contribution in [2.75, 3.05) is 31.9 Å². The molecule has 0 spiro atoms. The monoisotopic (exact) mass is 161 g/mol. The molecule has 0 aromatic rings. The van der Waals surface area contributed by atoms with Gasteiger partial charge in [-0.05, 0) is 6.92 Å². The molecule has 1 heterocycles. The van der Waals surface area contributed by atoms with Crippen LogP contribution in [0.4, 0.5) is 0 Å². The summed E-state index contributed by atoms with van der Waals surface area (Å²) >= 11 is 2.01. The van der Waals surface area contributed by atoms with E-state index >= 15 is 0 Å². The molecule has 1 aliphatic heterocycles. The van der Waals surface area contributed by atoms with E-state index in [0.29, 0.717) is 0 Å². The van der Waals surface area contributed by atoms with Crippen molar-refractivity contribution >= 4 is 11.8 Å². The van der Waals surface area contributed by atoms with E-state index in [0.717, 1.165) is 19.2 Å². The number of ether oxygens (including phenoxy) is 1. The minimum atomic E-state index is 0.750. The zero-order valence-corrected chi connectivity index (χ0v) is 7.49. The summed E-state index contributed by atoms with van der Waals surface area (Å²) in [6.07, 6.45) is 0. The van der Waals surface area contributed by atoms with E-state index in [4.69, 9.17) is 4.74 Å². The maximum Gasteiger partial charge on any atom is 0.0590 e.